The average Bonchev–Trinajstić information content (AvgIpc) is 3.45. The van der Waals surface area contributed by atoms with Crippen LogP contribution in [0.4, 0.5) is 16.2 Å². The molecule has 0 bridgehead atoms. The van der Waals surface area contributed by atoms with Crippen molar-refractivity contribution in [2.75, 3.05) is 10.6 Å². The Bertz CT molecular complexity index is 863. The van der Waals surface area contributed by atoms with Gasteiger partial charge in [-0.3, -0.25) is 0 Å². The third-order valence-electron chi connectivity index (χ3n) is 4.07. The fourth-order valence-corrected chi connectivity index (χ4v) is 2.61. The molecule has 2 N–H and O–H groups in total. The smallest absolute Gasteiger partial charge is 0.225 e. The first-order valence-corrected chi connectivity index (χ1v) is 8.46. The zero-order chi connectivity index (χ0) is 17.1. The van der Waals surface area contributed by atoms with Crippen molar-refractivity contribution in [2.24, 2.45) is 0 Å². The van der Waals surface area contributed by atoms with Crippen LogP contribution < -0.4 is 10.6 Å². The fourth-order valence-electron chi connectivity index (χ4n) is 2.61. The average molecular weight is 334 g/mol. The molecule has 4 rings (SSSR count). The van der Waals surface area contributed by atoms with Gasteiger partial charge >= 0.3 is 0 Å². The first kappa shape index (κ1) is 15.6. The summed E-state index contributed by atoms with van der Waals surface area (Å²) >= 11 is 0. The third-order valence-corrected chi connectivity index (χ3v) is 4.07. The number of nitrogens with zero attached hydrogens (tertiary/aromatic N) is 2. The summed E-state index contributed by atoms with van der Waals surface area (Å²) in [5.41, 5.74) is 2.77. The van der Waals surface area contributed by atoms with Gasteiger partial charge in [-0.2, -0.15) is 4.98 Å². The van der Waals surface area contributed by atoms with E-state index in [0.29, 0.717) is 18.5 Å². The van der Waals surface area contributed by atoms with E-state index in [9.17, 15) is 4.39 Å². The molecule has 1 aliphatic rings. The molecule has 0 atom stereocenters. The van der Waals surface area contributed by atoms with E-state index in [0.717, 1.165) is 35.5 Å². The predicted octanol–water partition coefficient (Wildman–Crippen LogP) is 4.47. The highest BCUT2D eigenvalue weighted by Crippen LogP contribution is 2.26. The van der Waals surface area contributed by atoms with Gasteiger partial charge in [0.15, 0.2) is 0 Å². The molecule has 0 amide bonds. The molecule has 25 heavy (non-hydrogen) atoms. The highest BCUT2D eigenvalue weighted by Gasteiger charge is 2.22. The van der Waals surface area contributed by atoms with Crippen LogP contribution in [-0.2, 0) is 6.54 Å². The molecule has 1 aliphatic carbocycles. The van der Waals surface area contributed by atoms with E-state index in [1.807, 2.05) is 42.5 Å². The molecule has 0 spiro atoms. The van der Waals surface area contributed by atoms with Crippen LogP contribution in [-0.4, -0.2) is 16.0 Å². The summed E-state index contributed by atoms with van der Waals surface area (Å²) in [7, 11) is 0. The number of anilines is 2. The number of aromatic nitrogens is 2. The first-order valence-electron chi connectivity index (χ1n) is 8.46. The molecular weight excluding hydrogens is 315 g/mol. The number of hydrogen-bond donors (Lipinski definition) is 2. The minimum Gasteiger partial charge on any atom is -0.366 e. The van der Waals surface area contributed by atoms with Crippen molar-refractivity contribution in [3.05, 3.63) is 72.0 Å². The quantitative estimate of drug-likeness (QED) is 0.698. The second-order valence-corrected chi connectivity index (χ2v) is 6.23. The van der Waals surface area contributed by atoms with Gasteiger partial charge in [-0.05, 0) is 30.5 Å². The molecule has 0 radical (unpaired) electrons. The van der Waals surface area contributed by atoms with E-state index in [1.54, 1.807) is 6.07 Å². The number of nitrogens with one attached hydrogen (secondary N) is 2. The molecule has 0 saturated heterocycles. The minimum atomic E-state index is -0.233. The van der Waals surface area contributed by atoms with E-state index in [-0.39, 0.29) is 5.82 Å². The molecule has 1 aromatic heterocycles. The lowest BCUT2D eigenvalue weighted by molar-refractivity contribution is 0.626. The topological polar surface area (TPSA) is 49.8 Å². The van der Waals surface area contributed by atoms with E-state index < -0.39 is 0 Å². The van der Waals surface area contributed by atoms with Crippen molar-refractivity contribution in [1.82, 2.24) is 9.97 Å². The lowest BCUT2D eigenvalue weighted by Gasteiger charge is -2.11. The Balaban J connectivity index is 1.59. The SMILES string of the molecule is Fc1cccc(CNc2cc(-c3ccccc3)nc(NC3CC3)n2)c1. The molecule has 4 nitrogen and oxygen atoms in total. The monoisotopic (exact) mass is 334 g/mol. The summed E-state index contributed by atoms with van der Waals surface area (Å²) in [5, 5.41) is 6.63. The highest BCUT2D eigenvalue weighted by atomic mass is 19.1. The zero-order valence-corrected chi connectivity index (χ0v) is 13.7. The number of rotatable bonds is 6. The van der Waals surface area contributed by atoms with Crippen molar-refractivity contribution in [1.29, 1.82) is 0 Å². The van der Waals surface area contributed by atoms with E-state index in [1.165, 1.54) is 12.1 Å². The minimum absolute atomic E-state index is 0.233. The van der Waals surface area contributed by atoms with Gasteiger partial charge in [-0.15, -0.1) is 0 Å². The van der Waals surface area contributed by atoms with Gasteiger partial charge in [0, 0.05) is 24.2 Å². The Kier molecular flexibility index (Phi) is 4.29. The van der Waals surface area contributed by atoms with Crippen LogP contribution >= 0.6 is 0 Å². The zero-order valence-electron chi connectivity index (χ0n) is 13.7. The molecule has 0 unspecified atom stereocenters. The van der Waals surface area contributed by atoms with Crippen molar-refractivity contribution in [3.63, 3.8) is 0 Å². The summed E-state index contributed by atoms with van der Waals surface area (Å²) in [6.07, 6.45) is 2.32. The van der Waals surface area contributed by atoms with E-state index >= 15 is 0 Å². The molecule has 3 aromatic rings. The van der Waals surface area contributed by atoms with Gasteiger partial charge in [0.1, 0.15) is 11.6 Å². The molecular formula is C20H19FN4. The van der Waals surface area contributed by atoms with Gasteiger partial charge < -0.3 is 10.6 Å². The van der Waals surface area contributed by atoms with Crippen LogP contribution in [0.1, 0.15) is 18.4 Å². The summed E-state index contributed by atoms with van der Waals surface area (Å²) < 4.78 is 13.3. The highest BCUT2D eigenvalue weighted by molar-refractivity contribution is 5.64. The standard InChI is InChI=1S/C20H19FN4/c21-16-8-4-5-14(11-16)13-22-19-12-18(15-6-2-1-3-7-15)24-20(25-19)23-17-9-10-17/h1-8,11-12,17H,9-10,13H2,(H2,22,23,24,25). The second-order valence-electron chi connectivity index (χ2n) is 6.23. The maximum atomic E-state index is 13.3. The van der Waals surface area contributed by atoms with Gasteiger partial charge in [0.25, 0.3) is 0 Å². The molecule has 1 fully saturated rings. The van der Waals surface area contributed by atoms with Crippen molar-refractivity contribution >= 4 is 11.8 Å². The number of hydrogen-bond acceptors (Lipinski definition) is 4. The van der Waals surface area contributed by atoms with Gasteiger partial charge in [-0.1, -0.05) is 42.5 Å². The van der Waals surface area contributed by atoms with Crippen molar-refractivity contribution < 1.29 is 4.39 Å². The molecule has 0 aliphatic heterocycles. The van der Waals surface area contributed by atoms with E-state index in [2.05, 4.69) is 20.6 Å². The maximum absolute atomic E-state index is 13.3. The molecule has 2 aromatic carbocycles. The van der Waals surface area contributed by atoms with Crippen LogP contribution in [0.3, 0.4) is 0 Å². The first-order chi connectivity index (χ1) is 12.3. The summed E-state index contributed by atoms with van der Waals surface area (Å²) in [4.78, 5) is 9.18. The van der Waals surface area contributed by atoms with Gasteiger partial charge in [0.05, 0.1) is 5.69 Å². The summed E-state index contributed by atoms with van der Waals surface area (Å²) in [6.45, 7) is 0.506. The number of benzene rings is 2. The van der Waals surface area contributed by atoms with Crippen LogP contribution in [0, 0.1) is 5.82 Å². The molecule has 5 heteroatoms. The lowest BCUT2D eigenvalue weighted by atomic mass is 10.1. The van der Waals surface area contributed by atoms with Gasteiger partial charge in [-0.25, -0.2) is 9.37 Å². The van der Waals surface area contributed by atoms with Crippen molar-refractivity contribution in [3.8, 4) is 11.3 Å². The summed E-state index contributed by atoms with van der Waals surface area (Å²) in [6, 6.07) is 19.0. The largest absolute Gasteiger partial charge is 0.366 e. The Hall–Kier alpha value is -2.95. The van der Waals surface area contributed by atoms with E-state index in [4.69, 9.17) is 0 Å². The Labute approximate surface area is 146 Å². The molecule has 1 saturated carbocycles. The maximum Gasteiger partial charge on any atom is 0.225 e. The van der Waals surface area contributed by atoms with Crippen LogP contribution in [0.25, 0.3) is 11.3 Å². The number of halogens is 1. The van der Waals surface area contributed by atoms with Crippen molar-refractivity contribution in [2.45, 2.75) is 25.4 Å². The second kappa shape index (κ2) is 6.89. The van der Waals surface area contributed by atoms with Gasteiger partial charge in [0.2, 0.25) is 5.95 Å². The molecule has 126 valence electrons. The molecule has 1 heterocycles. The Morgan fingerprint density at radius 2 is 1.80 bits per heavy atom. The van der Waals surface area contributed by atoms with Crippen LogP contribution in [0.5, 0.6) is 0 Å². The Morgan fingerprint density at radius 1 is 0.960 bits per heavy atom. The predicted molar refractivity (Wildman–Crippen MR) is 97.8 cm³/mol. The Morgan fingerprint density at radius 3 is 2.56 bits per heavy atom. The lowest BCUT2D eigenvalue weighted by Crippen LogP contribution is -2.09. The van der Waals surface area contributed by atoms with Crippen LogP contribution in [0.15, 0.2) is 60.7 Å². The summed E-state index contributed by atoms with van der Waals surface area (Å²) in [5.74, 6) is 1.12. The normalized spacial score (nSPS) is 13.5. The van der Waals surface area contributed by atoms with Crippen LogP contribution in [0.2, 0.25) is 0 Å². The third kappa shape index (κ3) is 4.12. The fraction of sp³-hybridized carbons (Fsp3) is 0.200.